The van der Waals surface area contributed by atoms with Crippen molar-refractivity contribution in [3.8, 4) is 5.95 Å². The zero-order valence-corrected chi connectivity index (χ0v) is 15.8. The van der Waals surface area contributed by atoms with Gasteiger partial charge in [0.1, 0.15) is 0 Å². The summed E-state index contributed by atoms with van der Waals surface area (Å²) in [6.07, 6.45) is 10.8. The predicted octanol–water partition coefficient (Wildman–Crippen LogP) is 3.88. The molecule has 0 bridgehead atoms. The molecule has 0 atom stereocenters. The Labute approximate surface area is 158 Å². The van der Waals surface area contributed by atoms with Crippen LogP contribution in [0.5, 0.6) is 0 Å². The fourth-order valence-corrected chi connectivity index (χ4v) is 2.17. The Bertz CT molecular complexity index is 882. The lowest BCUT2D eigenvalue weighted by Gasteiger charge is -1.96. The van der Waals surface area contributed by atoms with Gasteiger partial charge in [-0.2, -0.15) is 4.68 Å². The van der Waals surface area contributed by atoms with Crippen LogP contribution in [0.4, 0.5) is 5.95 Å². The van der Waals surface area contributed by atoms with Crippen molar-refractivity contribution in [2.45, 2.75) is 18.8 Å². The van der Waals surface area contributed by atoms with Crippen LogP contribution in [-0.2, 0) is 0 Å². The molecule has 126 valence electrons. The third-order valence-corrected chi connectivity index (χ3v) is 3.88. The second-order valence-electron chi connectivity index (χ2n) is 4.95. The number of nitrogens with zero attached hydrogens (tertiary/aromatic N) is 10. The molecule has 0 aliphatic heterocycles. The SMILES string of the molecule is Brc1cnc(-n2cc(C3CC3)nn2)nc1.[N-]=[N+]=Nc1ncc(Br)cn1. The smallest absolute Gasteiger partial charge is 0.234 e. The molecule has 25 heavy (non-hydrogen) atoms. The summed E-state index contributed by atoms with van der Waals surface area (Å²) in [6.45, 7) is 0. The highest BCUT2D eigenvalue weighted by molar-refractivity contribution is 9.10. The van der Waals surface area contributed by atoms with Crippen molar-refractivity contribution in [3.63, 3.8) is 0 Å². The van der Waals surface area contributed by atoms with Gasteiger partial charge in [0.05, 0.1) is 20.8 Å². The van der Waals surface area contributed by atoms with Crippen molar-refractivity contribution >= 4 is 37.8 Å². The van der Waals surface area contributed by atoms with Gasteiger partial charge in [-0.1, -0.05) is 5.21 Å². The molecule has 0 spiro atoms. The summed E-state index contributed by atoms with van der Waals surface area (Å²) in [5.74, 6) is 1.29. The lowest BCUT2D eigenvalue weighted by molar-refractivity contribution is 0.751. The van der Waals surface area contributed by atoms with Crippen LogP contribution in [0.15, 0.2) is 45.0 Å². The normalized spacial score (nSPS) is 12.7. The minimum absolute atomic E-state index is 0.130. The van der Waals surface area contributed by atoms with E-state index in [9.17, 15) is 0 Å². The highest BCUT2D eigenvalue weighted by Crippen LogP contribution is 2.38. The Hall–Kier alpha value is -2.43. The van der Waals surface area contributed by atoms with Crippen LogP contribution >= 0.6 is 31.9 Å². The first-order valence-corrected chi connectivity index (χ1v) is 8.67. The highest BCUT2D eigenvalue weighted by Gasteiger charge is 2.26. The molecule has 1 aliphatic carbocycles. The van der Waals surface area contributed by atoms with E-state index in [1.165, 1.54) is 25.2 Å². The number of hydrogen-bond acceptors (Lipinski definition) is 7. The van der Waals surface area contributed by atoms with Gasteiger partial charge in [0.2, 0.25) is 5.95 Å². The molecule has 0 N–H and O–H groups in total. The van der Waals surface area contributed by atoms with Gasteiger partial charge in [0.25, 0.3) is 5.95 Å². The Morgan fingerprint density at radius 2 is 1.64 bits per heavy atom. The summed E-state index contributed by atoms with van der Waals surface area (Å²) in [7, 11) is 0. The van der Waals surface area contributed by atoms with E-state index in [4.69, 9.17) is 5.53 Å². The summed E-state index contributed by atoms with van der Waals surface area (Å²) in [5.41, 5.74) is 9.00. The lowest BCUT2D eigenvalue weighted by Crippen LogP contribution is -2.00. The maximum absolute atomic E-state index is 7.96. The Kier molecular flexibility index (Phi) is 5.64. The topological polar surface area (TPSA) is 131 Å². The summed E-state index contributed by atoms with van der Waals surface area (Å²) in [5, 5.41) is 11.3. The van der Waals surface area contributed by atoms with Gasteiger partial charge in [0.15, 0.2) is 0 Å². The van der Waals surface area contributed by atoms with E-state index in [0.29, 0.717) is 11.9 Å². The van der Waals surface area contributed by atoms with Gasteiger partial charge in [-0.25, -0.2) is 19.9 Å². The standard InChI is InChI=1S/C9H8BrN5.C4H2BrN5/c10-7-3-11-9(12-4-7)15-5-8(13-14-15)6-1-2-6;5-3-1-7-4(8-2-3)9-10-6/h3-6H,1-2H2;1-2H. The van der Waals surface area contributed by atoms with Crippen LogP contribution in [0.1, 0.15) is 24.5 Å². The zero-order chi connectivity index (χ0) is 17.6. The van der Waals surface area contributed by atoms with E-state index >= 15 is 0 Å². The van der Waals surface area contributed by atoms with Crippen molar-refractivity contribution in [3.05, 3.63) is 56.1 Å². The van der Waals surface area contributed by atoms with Gasteiger partial charge < -0.3 is 0 Å². The van der Waals surface area contributed by atoms with Gasteiger partial charge in [-0.3, -0.25) is 0 Å². The molecule has 3 heterocycles. The van der Waals surface area contributed by atoms with E-state index in [2.05, 4.69) is 72.1 Å². The first kappa shape index (κ1) is 17.4. The minimum atomic E-state index is 0.130. The van der Waals surface area contributed by atoms with Gasteiger partial charge in [-0.15, -0.1) is 5.10 Å². The molecular weight excluding hydrogens is 456 g/mol. The summed E-state index contributed by atoms with van der Waals surface area (Å²) >= 11 is 6.42. The van der Waals surface area contributed by atoms with Crippen molar-refractivity contribution < 1.29 is 0 Å². The molecule has 1 fully saturated rings. The second-order valence-corrected chi connectivity index (χ2v) is 6.79. The van der Waals surface area contributed by atoms with Crippen molar-refractivity contribution in [1.29, 1.82) is 0 Å². The van der Waals surface area contributed by atoms with Crippen LogP contribution in [0.3, 0.4) is 0 Å². The molecule has 0 radical (unpaired) electrons. The lowest BCUT2D eigenvalue weighted by atomic mass is 10.3. The molecule has 10 nitrogen and oxygen atoms in total. The average molecular weight is 466 g/mol. The second kappa shape index (κ2) is 8.10. The molecule has 3 aromatic rings. The molecule has 12 heteroatoms. The molecule has 0 unspecified atom stereocenters. The van der Waals surface area contributed by atoms with Crippen LogP contribution in [-0.4, -0.2) is 34.9 Å². The number of azide groups is 1. The third-order valence-electron chi connectivity index (χ3n) is 3.06. The molecule has 3 aromatic heterocycles. The molecular formula is C13H10Br2N10. The third kappa shape index (κ3) is 5.02. The molecule has 0 aromatic carbocycles. The van der Waals surface area contributed by atoms with Gasteiger partial charge in [-0.05, 0) is 55.3 Å². The molecule has 1 aliphatic rings. The molecule has 0 saturated heterocycles. The first-order chi connectivity index (χ1) is 12.2. The predicted molar refractivity (Wildman–Crippen MR) is 95.2 cm³/mol. The van der Waals surface area contributed by atoms with Crippen LogP contribution in [0, 0.1) is 0 Å². The van der Waals surface area contributed by atoms with Crippen LogP contribution < -0.4 is 0 Å². The van der Waals surface area contributed by atoms with E-state index in [1.54, 1.807) is 17.1 Å². The summed E-state index contributed by atoms with van der Waals surface area (Å²) in [6, 6.07) is 0. The molecule has 4 rings (SSSR count). The van der Waals surface area contributed by atoms with E-state index in [0.717, 1.165) is 14.6 Å². The number of halogens is 2. The number of rotatable bonds is 3. The number of aromatic nitrogens is 7. The zero-order valence-electron chi connectivity index (χ0n) is 12.6. The van der Waals surface area contributed by atoms with Gasteiger partial charge >= 0.3 is 0 Å². The highest BCUT2D eigenvalue weighted by atomic mass is 79.9. The maximum atomic E-state index is 7.96. The quantitative estimate of drug-likeness (QED) is 0.327. The summed E-state index contributed by atoms with van der Waals surface area (Å²) < 4.78 is 3.22. The van der Waals surface area contributed by atoms with E-state index in [1.807, 2.05) is 6.20 Å². The Morgan fingerprint density at radius 3 is 2.20 bits per heavy atom. The van der Waals surface area contributed by atoms with Crippen LogP contribution in [0.2, 0.25) is 0 Å². The maximum Gasteiger partial charge on any atom is 0.251 e. The fraction of sp³-hybridized carbons (Fsp3) is 0.231. The van der Waals surface area contributed by atoms with Crippen molar-refractivity contribution in [1.82, 2.24) is 34.9 Å². The average Bonchev–Trinajstić information content (AvgIpc) is 3.36. The fourth-order valence-electron chi connectivity index (χ4n) is 1.76. The monoisotopic (exact) mass is 464 g/mol. The summed E-state index contributed by atoms with van der Waals surface area (Å²) in [4.78, 5) is 18.2. The van der Waals surface area contributed by atoms with E-state index < -0.39 is 0 Å². The minimum Gasteiger partial charge on any atom is -0.234 e. The van der Waals surface area contributed by atoms with Gasteiger partial charge in [0, 0.05) is 35.6 Å². The van der Waals surface area contributed by atoms with Crippen molar-refractivity contribution in [2.75, 3.05) is 0 Å². The molecule has 0 amide bonds. The largest absolute Gasteiger partial charge is 0.251 e. The Balaban J connectivity index is 0.000000160. The Morgan fingerprint density at radius 1 is 1.04 bits per heavy atom. The number of hydrogen-bond donors (Lipinski definition) is 0. The van der Waals surface area contributed by atoms with E-state index in [-0.39, 0.29) is 5.95 Å². The molecule has 1 saturated carbocycles. The first-order valence-electron chi connectivity index (χ1n) is 7.08. The van der Waals surface area contributed by atoms with Crippen molar-refractivity contribution in [2.24, 2.45) is 5.11 Å². The van der Waals surface area contributed by atoms with Crippen LogP contribution in [0.25, 0.3) is 16.4 Å².